The molecule has 0 bridgehead atoms. The van der Waals surface area contributed by atoms with Crippen molar-refractivity contribution in [2.75, 3.05) is 11.4 Å². The molecule has 15 heavy (non-hydrogen) atoms. The van der Waals surface area contributed by atoms with Gasteiger partial charge in [0, 0.05) is 30.4 Å². The minimum absolute atomic E-state index is 0.0569. The summed E-state index contributed by atoms with van der Waals surface area (Å²) in [6, 6.07) is 4.80. The minimum atomic E-state index is 0.0569. The van der Waals surface area contributed by atoms with Gasteiger partial charge in [-0.2, -0.15) is 0 Å². The van der Waals surface area contributed by atoms with E-state index in [4.69, 9.17) is 5.73 Å². The fourth-order valence-electron chi connectivity index (χ4n) is 1.97. The summed E-state index contributed by atoms with van der Waals surface area (Å²) >= 11 is 0. The first-order valence-electron chi connectivity index (χ1n) is 5.71. The molecule has 1 unspecified atom stereocenters. The second-order valence-electron chi connectivity index (χ2n) is 4.22. The van der Waals surface area contributed by atoms with Gasteiger partial charge in [0.1, 0.15) is 5.82 Å². The SMILES string of the molecule is CCN(c1ncccc1C(C)N)C1CC1. The van der Waals surface area contributed by atoms with Crippen LogP contribution in [0.1, 0.15) is 38.3 Å². The van der Waals surface area contributed by atoms with Gasteiger partial charge in [-0.15, -0.1) is 0 Å². The summed E-state index contributed by atoms with van der Waals surface area (Å²) in [4.78, 5) is 6.85. The van der Waals surface area contributed by atoms with Gasteiger partial charge >= 0.3 is 0 Å². The van der Waals surface area contributed by atoms with Gasteiger partial charge in [0.05, 0.1) is 0 Å². The molecule has 1 atom stereocenters. The molecule has 82 valence electrons. The lowest BCUT2D eigenvalue weighted by molar-refractivity contribution is 0.759. The molecule has 0 amide bonds. The van der Waals surface area contributed by atoms with Gasteiger partial charge in [-0.3, -0.25) is 0 Å². The number of aromatic nitrogens is 1. The summed E-state index contributed by atoms with van der Waals surface area (Å²) in [6.07, 6.45) is 4.44. The Labute approximate surface area is 91.3 Å². The summed E-state index contributed by atoms with van der Waals surface area (Å²) in [5, 5.41) is 0. The van der Waals surface area contributed by atoms with Crippen LogP contribution in [-0.4, -0.2) is 17.6 Å². The Hall–Kier alpha value is -1.09. The lowest BCUT2D eigenvalue weighted by Crippen LogP contribution is -2.28. The molecular formula is C12H19N3. The third-order valence-corrected chi connectivity index (χ3v) is 2.91. The fraction of sp³-hybridized carbons (Fsp3) is 0.583. The Bertz CT molecular complexity index is 331. The van der Waals surface area contributed by atoms with Gasteiger partial charge < -0.3 is 10.6 Å². The van der Waals surface area contributed by atoms with Crippen LogP contribution in [0.5, 0.6) is 0 Å². The number of rotatable bonds is 4. The summed E-state index contributed by atoms with van der Waals surface area (Å²) < 4.78 is 0. The third-order valence-electron chi connectivity index (χ3n) is 2.91. The fourth-order valence-corrected chi connectivity index (χ4v) is 1.97. The molecule has 1 aromatic heterocycles. The Balaban J connectivity index is 2.31. The smallest absolute Gasteiger partial charge is 0.133 e. The predicted molar refractivity (Wildman–Crippen MR) is 62.9 cm³/mol. The van der Waals surface area contributed by atoms with Crippen LogP contribution in [0.15, 0.2) is 18.3 Å². The van der Waals surface area contributed by atoms with Gasteiger partial charge in [-0.1, -0.05) is 6.07 Å². The minimum Gasteiger partial charge on any atom is -0.354 e. The monoisotopic (exact) mass is 205 g/mol. The van der Waals surface area contributed by atoms with Gasteiger partial charge in [0.15, 0.2) is 0 Å². The van der Waals surface area contributed by atoms with Gasteiger partial charge in [-0.05, 0) is 32.8 Å². The quantitative estimate of drug-likeness (QED) is 0.818. The van der Waals surface area contributed by atoms with Crippen LogP contribution < -0.4 is 10.6 Å². The average molecular weight is 205 g/mol. The molecule has 3 nitrogen and oxygen atoms in total. The second-order valence-corrected chi connectivity index (χ2v) is 4.22. The summed E-state index contributed by atoms with van der Waals surface area (Å²) in [7, 11) is 0. The Kier molecular flexibility index (Phi) is 2.91. The number of nitrogens with two attached hydrogens (primary N) is 1. The standard InChI is InChI=1S/C12H19N3/c1-3-15(10-6-7-10)12-11(9(2)13)5-4-8-14-12/h4-5,8-10H,3,6-7,13H2,1-2H3. The van der Waals surface area contributed by atoms with Crippen molar-refractivity contribution < 1.29 is 0 Å². The highest BCUT2D eigenvalue weighted by Crippen LogP contribution is 2.33. The maximum atomic E-state index is 5.96. The molecule has 1 saturated carbocycles. The number of nitrogens with zero attached hydrogens (tertiary/aromatic N) is 2. The summed E-state index contributed by atoms with van der Waals surface area (Å²) in [6.45, 7) is 5.21. The molecule has 2 rings (SSSR count). The van der Waals surface area contributed by atoms with E-state index in [9.17, 15) is 0 Å². The summed E-state index contributed by atoms with van der Waals surface area (Å²) in [5.41, 5.74) is 7.12. The van der Waals surface area contributed by atoms with Crippen molar-refractivity contribution in [1.29, 1.82) is 0 Å². The van der Waals surface area contributed by atoms with Crippen LogP contribution in [0.3, 0.4) is 0 Å². The Morgan fingerprint density at radius 2 is 2.33 bits per heavy atom. The van der Waals surface area contributed by atoms with E-state index in [1.807, 2.05) is 19.2 Å². The average Bonchev–Trinajstić information content (AvgIpc) is 3.04. The van der Waals surface area contributed by atoms with Gasteiger partial charge in [0.25, 0.3) is 0 Å². The highest BCUT2D eigenvalue weighted by atomic mass is 15.2. The molecule has 1 aromatic rings. The first-order chi connectivity index (χ1) is 7.24. The van der Waals surface area contributed by atoms with E-state index in [-0.39, 0.29) is 6.04 Å². The van der Waals surface area contributed by atoms with Crippen LogP contribution in [0.2, 0.25) is 0 Å². The maximum absolute atomic E-state index is 5.96. The van der Waals surface area contributed by atoms with Crippen molar-refractivity contribution in [3.63, 3.8) is 0 Å². The van der Waals surface area contributed by atoms with Crippen molar-refractivity contribution in [2.24, 2.45) is 5.73 Å². The topological polar surface area (TPSA) is 42.2 Å². The zero-order valence-electron chi connectivity index (χ0n) is 9.48. The molecule has 1 heterocycles. The normalized spacial score (nSPS) is 17.5. The third kappa shape index (κ3) is 2.12. The van der Waals surface area contributed by atoms with Crippen molar-refractivity contribution in [3.05, 3.63) is 23.9 Å². The number of pyridine rings is 1. The highest BCUT2D eigenvalue weighted by Gasteiger charge is 2.30. The second kappa shape index (κ2) is 4.19. The van der Waals surface area contributed by atoms with E-state index in [0.717, 1.165) is 17.9 Å². The molecule has 0 saturated heterocycles. The van der Waals surface area contributed by atoms with Crippen LogP contribution >= 0.6 is 0 Å². The van der Waals surface area contributed by atoms with E-state index in [2.05, 4.69) is 22.9 Å². The largest absolute Gasteiger partial charge is 0.354 e. The van der Waals surface area contributed by atoms with Crippen LogP contribution in [0.25, 0.3) is 0 Å². The van der Waals surface area contributed by atoms with Crippen molar-refractivity contribution in [1.82, 2.24) is 4.98 Å². The van der Waals surface area contributed by atoms with Crippen molar-refractivity contribution in [2.45, 2.75) is 38.8 Å². The molecule has 0 radical (unpaired) electrons. The van der Waals surface area contributed by atoms with Crippen molar-refractivity contribution >= 4 is 5.82 Å². The van der Waals surface area contributed by atoms with Crippen LogP contribution in [0, 0.1) is 0 Å². The van der Waals surface area contributed by atoms with Crippen LogP contribution in [0.4, 0.5) is 5.82 Å². The molecule has 2 N–H and O–H groups in total. The highest BCUT2D eigenvalue weighted by molar-refractivity contribution is 5.50. The molecule has 0 aromatic carbocycles. The molecular weight excluding hydrogens is 186 g/mol. The van der Waals surface area contributed by atoms with E-state index in [1.54, 1.807) is 0 Å². The maximum Gasteiger partial charge on any atom is 0.133 e. The lowest BCUT2D eigenvalue weighted by atomic mass is 10.1. The lowest BCUT2D eigenvalue weighted by Gasteiger charge is -2.25. The van der Waals surface area contributed by atoms with Crippen molar-refractivity contribution in [3.8, 4) is 0 Å². The molecule has 0 aliphatic heterocycles. The van der Waals surface area contributed by atoms with E-state index in [1.165, 1.54) is 12.8 Å². The molecule has 3 heteroatoms. The van der Waals surface area contributed by atoms with Gasteiger partial charge in [0.2, 0.25) is 0 Å². The molecule has 1 aliphatic rings. The van der Waals surface area contributed by atoms with Crippen LogP contribution in [-0.2, 0) is 0 Å². The number of hydrogen-bond acceptors (Lipinski definition) is 3. The Morgan fingerprint density at radius 3 is 2.87 bits per heavy atom. The molecule has 0 spiro atoms. The van der Waals surface area contributed by atoms with E-state index in [0.29, 0.717) is 6.04 Å². The molecule has 1 fully saturated rings. The summed E-state index contributed by atoms with van der Waals surface area (Å²) in [5.74, 6) is 1.08. The zero-order valence-corrected chi connectivity index (χ0v) is 9.48. The number of anilines is 1. The first-order valence-corrected chi connectivity index (χ1v) is 5.71. The first kappa shape index (κ1) is 10.4. The molecule has 1 aliphatic carbocycles. The van der Waals surface area contributed by atoms with Gasteiger partial charge in [-0.25, -0.2) is 4.98 Å². The zero-order chi connectivity index (χ0) is 10.8. The predicted octanol–water partition coefficient (Wildman–Crippen LogP) is 2.09. The van der Waals surface area contributed by atoms with E-state index >= 15 is 0 Å². The van der Waals surface area contributed by atoms with E-state index < -0.39 is 0 Å². The Morgan fingerprint density at radius 1 is 1.60 bits per heavy atom. The number of hydrogen-bond donors (Lipinski definition) is 1.